The van der Waals surface area contributed by atoms with Crippen LogP contribution in [0.1, 0.15) is 23.4 Å². The number of carbonyl (C=O) groups excluding carboxylic acids is 2. The van der Waals surface area contributed by atoms with Crippen LogP contribution >= 0.6 is 11.8 Å². The van der Waals surface area contributed by atoms with Crippen molar-refractivity contribution in [3.8, 4) is 5.75 Å². The maximum atomic E-state index is 13.0. The molecule has 1 aliphatic rings. The van der Waals surface area contributed by atoms with Crippen molar-refractivity contribution in [2.75, 3.05) is 12.9 Å². The number of carbonyl (C=O) groups is 2. The van der Waals surface area contributed by atoms with Gasteiger partial charge in [-0.25, -0.2) is 4.39 Å². The van der Waals surface area contributed by atoms with Crippen LogP contribution in [0.4, 0.5) is 4.39 Å². The molecule has 2 aromatic carbocycles. The molecule has 27 heavy (non-hydrogen) atoms. The van der Waals surface area contributed by atoms with Gasteiger partial charge in [-0.1, -0.05) is 24.3 Å². The molecule has 0 spiro atoms. The van der Waals surface area contributed by atoms with Crippen molar-refractivity contribution >= 4 is 23.6 Å². The number of methoxy groups -OCH3 is 1. The number of benzene rings is 2. The average molecular weight is 388 g/mol. The highest BCUT2D eigenvalue weighted by Crippen LogP contribution is 2.40. The first-order valence-electron chi connectivity index (χ1n) is 8.58. The maximum absolute atomic E-state index is 13.0. The summed E-state index contributed by atoms with van der Waals surface area (Å²) in [4.78, 5) is 26.6. The SMILES string of the molecule is COc1ccc([C@H]2SCC(=O)N2[C@@H](C)C(=O)NCc2ccc(F)cc2)cc1. The van der Waals surface area contributed by atoms with E-state index in [4.69, 9.17) is 4.74 Å². The zero-order chi connectivity index (χ0) is 19.4. The highest BCUT2D eigenvalue weighted by molar-refractivity contribution is 8.00. The van der Waals surface area contributed by atoms with Gasteiger partial charge in [-0.05, 0) is 42.3 Å². The Labute approximate surface area is 161 Å². The Balaban J connectivity index is 1.68. The van der Waals surface area contributed by atoms with E-state index in [0.29, 0.717) is 5.75 Å². The van der Waals surface area contributed by atoms with E-state index in [1.165, 1.54) is 23.9 Å². The highest BCUT2D eigenvalue weighted by atomic mass is 32.2. The van der Waals surface area contributed by atoms with Crippen molar-refractivity contribution in [2.24, 2.45) is 0 Å². The Kier molecular flexibility index (Phi) is 6.01. The molecule has 0 aliphatic carbocycles. The van der Waals surface area contributed by atoms with E-state index in [1.807, 2.05) is 24.3 Å². The number of thioether (sulfide) groups is 1. The summed E-state index contributed by atoms with van der Waals surface area (Å²) in [5.74, 6) is 0.454. The predicted molar refractivity (Wildman–Crippen MR) is 103 cm³/mol. The van der Waals surface area contributed by atoms with E-state index in [2.05, 4.69) is 5.32 Å². The van der Waals surface area contributed by atoms with Gasteiger partial charge in [0.25, 0.3) is 0 Å². The number of halogens is 1. The normalized spacial score (nSPS) is 17.7. The van der Waals surface area contributed by atoms with Gasteiger partial charge in [-0.3, -0.25) is 9.59 Å². The van der Waals surface area contributed by atoms with Gasteiger partial charge in [-0.15, -0.1) is 11.8 Å². The lowest BCUT2D eigenvalue weighted by Gasteiger charge is -2.29. The molecular formula is C20H21FN2O3S. The molecule has 2 amide bonds. The summed E-state index contributed by atoms with van der Waals surface area (Å²) in [5, 5.41) is 2.61. The van der Waals surface area contributed by atoms with Gasteiger partial charge in [0, 0.05) is 6.54 Å². The van der Waals surface area contributed by atoms with E-state index in [-0.39, 0.29) is 29.6 Å². The Morgan fingerprint density at radius 1 is 1.26 bits per heavy atom. The molecule has 0 unspecified atom stereocenters. The summed E-state index contributed by atoms with van der Waals surface area (Å²) in [6, 6.07) is 12.8. The van der Waals surface area contributed by atoms with Crippen LogP contribution in [0.2, 0.25) is 0 Å². The molecule has 2 aromatic rings. The van der Waals surface area contributed by atoms with Crippen LogP contribution in [-0.2, 0) is 16.1 Å². The van der Waals surface area contributed by atoms with Gasteiger partial charge < -0.3 is 15.0 Å². The molecule has 1 N–H and O–H groups in total. The second kappa shape index (κ2) is 8.43. The lowest BCUT2D eigenvalue weighted by Crippen LogP contribution is -2.46. The molecular weight excluding hydrogens is 367 g/mol. The van der Waals surface area contributed by atoms with E-state index in [1.54, 1.807) is 31.1 Å². The summed E-state index contributed by atoms with van der Waals surface area (Å²) >= 11 is 1.50. The van der Waals surface area contributed by atoms with E-state index < -0.39 is 6.04 Å². The van der Waals surface area contributed by atoms with Crippen LogP contribution in [0, 0.1) is 5.82 Å². The lowest BCUT2D eigenvalue weighted by atomic mass is 10.1. The third-order valence-corrected chi connectivity index (χ3v) is 5.71. The smallest absolute Gasteiger partial charge is 0.242 e. The van der Waals surface area contributed by atoms with Gasteiger partial charge >= 0.3 is 0 Å². The fourth-order valence-corrected chi connectivity index (χ4v) is 4.21. The Hall–Kier alpha value is -2.54. The molecule has 1 aliphatic heterocycles. The Morgan fingerprint density at radius 3 is 2.56 bits per heavy atom. The summed E-state index contributed by atoms with van der Waals surface area (Å²) in [6.07, 6.45) is 0. The third kappa shape index (κ3) is 4.42. The third-order valence-electron chi connectivity index (χ3n) is 4.48. The minimum absolute atomic E-state index is 0.0646. The first-order chi connectivity index (χ1) is 13.0. The van der Waals surface area contributed by atoms with Crippen LogP contribution in [0.25, 0.3) is 0 Å². The fraction of sp³-hybridized carbons (Fsp3) is 0.300. The molecule has 5 nitrogen and oxygen atoms in total. The number of nitrogens with one attached hydrogen (secondary N) is 1. The monoisotopic (exact) mass is 388 g/mol. The van der Waals surface area contributed by atoms with E-state index in [9.17, 15) is 14.0 Å². The minimum atomic E-state index is -0.611. The van der Waals surface area contributed by atoms with Gasteiger partial charge in [0.2, 0.25) is 11.8 Å². The number of rotatable bonds is 6. The summed E-state index contributed by atoms with van der Waals surface area (Å²) in [7, 11) is 1.60. The molecule has 0 saturated carbocycles. The Bertz CT molecular complexity index is 811. The van der Waals surface area contributed by atoms with Gasteiger partial charge in [0.05, 0.1) is 12.9 Å². The average Bonchev–Trinajstić information content (AvgIpc) is 3.08. The highest BCUT2D eigenvalue weighted by Gasteiger charge is 2.38. The van der Waals surface area contributed by atoms with Crippen molar-refractivity contribution in [2.45, 2.75) is 24.9 Å². The molecule has 1 fully saturated rings. The van der Waals surface area contributed by atoms with Crippen LogP contribution in [0.5, 0.6) is 5.75 Å². The van der Waals surface area contributed by atoms with Crippen molar-refractivity contribution in [3.05, 3.63) is 65.5 Å². The molecule has 3 rings (SSSR count). The predicted octanol–water partition coefficient (Wildman–Crippen LogP) is 3.11. The van der Waals surface area contributed by atoms with Crippen LogP contribution in [-0.4, -0.2) is 35.6 Å². The number of hydrogen-bond donors (Lipinski definition) is 1. The molecule has 2 atom stereocenters. The number of ether oxygens (including phenoxy) is 1. The second-order valence-corrected chi connectivity index (χ2v) is 7.33. The van der Waals surface area contributed by atoms with Crippen LogP contribution in [0.15, 0.2) is 48.5 Å². The number of hydrogen-bond acceptors (Lipinski definition) is 4. The first kappa shape index (κ1) is 19.2. The zero-order valence-electron chi connectivity index (χ0n) is 15.1. The second-order valence-electron chi connectivity index (χ2n) is 6.26. The number of nitrogens with zero attached hydrogens (tertiary/aromatic N) is 1. The van der Waals surface area contributed by atoms with Crippen LogP contribution in [0.3, 0.4) is 0 Å². The number of amides is 2. The summed E-state index contributed by atoms with van der Waals surface area (Å²) in [5.41, 5.74) is 1.75. The fourth-order valence-electron chi connectivity index (χ4n) is 2.95. The molecule has 0 aromatic heterocycles. The summed E-state index contributed by atoms with van der Waals surface area (Å²) < 4.78 is 18.1. The molecule has 1 heterocycles. The lowest BCUT2D eigenvalue weighted by molar-refractivity contribution is -0.137. The zero-order valence-corrected chi connectivity index (χ0v) is 16.0. The first-order valence-corrected chi connectivity index (χ1v) is 9.63. The summed E-state index contributed by atoms with van der Waals surface area (Å²) in [6.45, 7) is 2.01. The van der Waals surface area contributed by atoms with Gasteiger partial charge in [0.15, 0.2) is 0 Å². The topological polar surface area (TPSA) is 58.6 Å². The molecule has 1 saturated heterocycles. The van der Waals surface area contributed by atoms with Crippen molar-refractivity contribution in [3.63, 3.8) is 0 Å². The molecule has 0 radical (unpaired) electrons. The van der Waals surface area contributed by atoms with Crippen molar-refractivity contribution < 1.29 is 18.7 Å². The van der Waals surface area contributed by atoms with Crippen LogP contribution < -0.4 is 10.1 Å². The maximum Gasteiger partial charge on any atom is 0.242 e. The quantitative estimate of drug-likeness (QED) is 0.826. The minimum Gasteiger partial charge on any atom is -0.497 e. The van der Waals surface area contributed by atoms with Gasteiger partial charge in [0.1, 0.15) is 23.0 Å². The molecule has 0 bridgehead atoms. The van der Waals surface area contributed by atoms with E-state index >= 15 is 0 Å². The van der Waals surface area contributed by atoms with E-state index in [0.717, 1.165) is 16.9 Å². The molecule has 7 heteroatoms. The van der Waals surface area contributed by atoms with Crippen molar-refractivity contribution in [1.29, 1.82) is 0 Å². The van der Waals surface area contributed by atoms with Crippen molar-refractivity contribution in [1.82, 2.24) is 10.2 Å². The largest absolute Gasteiger partial charge is 0.497 e. The standard InChI is InChI=1S/C20H21FN2O3S/c1-13(19(25)22-11-14-3-7-16(21)8-4-14)23-18(24)12-27-20(23)15-5-9-17(26-2)10-6-15/h3-10,13,20H,11-12H2,1-2H3,(H,22,25)/t13-,20+/m0/s1. The molecule has 142 valence electrons. The Morgan fingerprint density at radius 2 is 1.93 bits per heavy atom. The van der Waals surface area contributed by atoms with Gasteiger partial charge in [-0.2, -0.15) is 0 Å².